The number of benzene rings is 2. The van der Waals surface area contributed by atoms with E-state index in [1.54, 1.807) is 7.11 Å². The van der Waals surface area contributed by atoms with Crippen molar-refractivity contribution in [3.05, 3.63) is 64.5 Å². The van der Waals surface area contributed by atoms with Gasteiger partial charge < -0.3 is 20.5 Å². The van der Waals surface area contributed by atoms with Crippen molar-refractivity contribution >= 4 is 28.2 Å². The van der Waals surface area contributed by atoms with Crippen molar-refractivity contribution in [3.8, 4) is 11.5 Å². The van der Waals surface area contributed by atoms with Gasteiger partial charge in [0.05, 0.1) is 12.0 Å². The Bertz CT molecular complexity index is 972. The van der Waals surface area contributed by atoms with Crippen molar-refractivity contribution in [2.45, 2.75) is 18.9 Å². The van der Waals surface area contributed by atoms with E-state index in [9.17, 15) is 4.79 Å². The number of carbonyl (C=O) groups excluding carboxylic acids is 1. The molecule has 0 bridgehead atoms. The zero-order valence-corrected chi connectivity index (χ0v) is 15.6. The van der Waals surface area contributed by atoms with Crippen molar-refractivity contribution < 1.29 is 14.3 Å². The number of methoxy groups -OCH3 is 1. The maximum absolute atomic E-state index is 12.1. The van der Waals surface area contributed by atoms with Crippen LogP contribution < -0.4 is 20.5 Å². The van der Waals surface area contributed by atoms with E-state index in [-0.39, 0.29) is 11.8 Å². The molecule has 0 saturated heterocycles. The Morgan fingerprint density at radius 2 is 2.04 bits per heavy atom. The van der Waals surface area contributed by atoms with Gasteiger partial charge in [0.2, 0.25) is 5.91 Å². The van der Waals surface area contributed by atoms with E-state index in [2.05, 4.69) is 10.3 Å². The van der Waals surface area contributed by atoms with Crippen LogP contribution in [-0.2, 0) is 11.4 Å². The Balaban J connectivity index is 1.60. The molecule has 3 N–H and O–H groups in total. The van der Waals surface area contributed by atoms with Crippen LogP contribution in [0.3, 0.4) is 0 Å². The first-order valence-corrected chi connectivity index (χ1v) is 9.36. The van der Waals surface area contributed by atoms with E-state index in [0.29, 0.717) is 35.5 Å². The minimum absolute atomic E-state index is 0.0684. The number of hydrogen-bond acceptors (Lipinski definition) is 6. The van der Waals surface area contributed by atoms with Crippen molar-refractivity contribution in [2.75, 3.05) is 18.2 Å². The largest absolute Gasteiger partial charge is 0.493 e. The highest BCUT2D eigenvalue weighted by atomic mass is 32.1. The number of amides is 1. The molecule has 4 rings (SSSR count). The number of aromatic nitrogens is 1. The van der Waals surface area contributed by atoms with Crippen LogP contribution in [0.1, 0.15) is 28.3 Å². The van der Waals surface area contributed by atoms with Crippen molar-refractivity contribution in [3.63, 3.8) is 0 Å². The summed E-state index contributed by atoms with van der Waals surface area (Å²) in [5.41, 5.74) is 7.88. The van der Waals surface area contributed by atoms with Gasteiger partial charge in [-0.2, -0.15) is 0 Å². The maximum atomic E-state index is 12.1. The number of nitrogens with two attached hydrogens (primary N) is 1. The minimum atomic E-state index is -0.0966. The van der Waals surface area contributed by atoms with Gasteiger partial charge in [0.25, 0.3) is 0 Å². The van der Waals surface area contributed by atoms with Crippen LogP contribution in [0.25, 0.3) is 0 Å². The number of rotatable bonds is 5. The Morgan fingerprint density at radius 1 is 1.22 bits per heavy atom. The molecule has 0 spiro atoms. The Labute approximate surface area is 161 Å². The van der Waals surface area contributed by atoms with Gasteiger partial charge in [-0.15, -0.1) is 0 Å². The Morgan fingerprint density at radius 3 is 2.81 bits per heavy atom. The predicted octanol–water partition coefficient (Wildman–Crippen LogP) is 3.79. The van der Waals surface area contributed by atoms with E-state index in [0.717, 1.165) is 16.0 Å². The van der Waals surface area contributed by atoms with E-state index < -0.39 is 0 Å². The highest BCUT2D eigenvalue weighted by Crippen LogP contribution is 2.43. The van der Waals surface area contributed by atoms with Gasteiger partial charge in [-0.05, 0) is 23.3 Å². The van der Waals surface area contributed by atoms with E-state index in [1.807, 2.05) is 48.5 Å². The van der Waals surface area contributed by atoms with Crippen LogP contribution in [0.4, 0.5) is 10.9 Å². The highest BCUT2D eigenvalue weighted by Gasteiger charge is 2.30. The first kappa shape index (κ1) is 17.4. The molecule has 7 heteroatoms. The number of anilines is 2. The Kier molecular flexibility index (Phi) is 4.68. The third-order valence-corrected chi connectivity index (χ3v) is 5.46. The minimum Gasteiger partial charge on any atom is -0.493 e. The van der Waals surface area contributed by atoms with E-state index in [1.165, 1.54) is 11.3 Å². The highest BCUT2D eigenvalue weighted by molar-refractivity contribution is 7.16. The normalized spacial score (nSPS) is 15.7. The molecule has 3 aromatic rings. The number of fused-ring (bicyclic) bond motifs is 1. The first-order valence-electron chi connectivity index (χ1n) is 8.54. The van der Waals surface area contributed by atoms with Crippen LogP contribution in [-0.4, -0.2) is 18.0 Å². The van der Waals surface area contributed by atoms with Crippen molar-refractivity contribution in [1.29, 1.82) is 0 Å². The fourth-order valence-electron chi connectivity index (χ4n) is 3.16. The van der Waals surface area contributed by atoms with Gasteiger partial charge in [-0.1, -0.05) is 47.7 Å². The average Bonchev–Trinajstić information content (AvgIpc) is 3.06. The summed E-state index contributed by atoms with van der Waals surface area (Å²) in [7, 11) is 1.61. The molecule has 1 aliphatic rings. The maximum Gasteiger partial charge on any atom is 0.226 e. The predicted molar refractivity (Wildman–Crippen MR) is 105 cm³/mol. The zero-order chi connectivity index (χ0) is 18.8. The summed E-state index contributed by atoms with van der Waals surface area (Å²) in [6.07, 6.45) is 0.349. The smallest absolute Gasteiger partial charge is 0.226 e. The number of nitrogens with zero attached hydrogens (tertiary/aromatic N) is 1. The Hall–Kier alpha value is -3.06. The molecule has 2 heterocycles. The number of thiazole rings is 1. The summed E-state index contributed by atoms with van der Waals surface area (Å²) in [6, 6.07) is 15.7. The van der Waals surface area contributed by atoms with Crippen LogP contribution in [0.2, 0.25) is 0 Å². The van der Waals surface area contributed by atoms with Gasteiger partial charge >= 0.3 is 0 Å². The molecule has 0 radical (unpaired) electrons. The molecular weight excluding hydrogens is 362 g/mol. The summed E-state index contributed by atoms with van der Waals surface area (Å²) in [5, 5.41) is 3.23. The summed E-state index contributed by atoms with van der Waals surface area (Å²) in [6.45, 7) is 0.456. The molecule has 0 fully saturated rings. The lowest BCUT2D eigenvalue weighted by Crippen LogP contribution is -2.22. The molecule has 1 amide bonds. The van der Waals surface area contributed by atoms with Crippen LogP contribution in [0.5, 0.6) is 11.5 Å². The lowest BCUT2D eigenvalue weighted by atomic mass is 9.91. The number of nitrogen functional groups attached to an aromatic ring is 1. The number of carbonyl (C=O) groups is 1. The molecule has 1 atom stereocenters. The molecule has 6 nitrogen and oxygen atoms in total. The third-order valence-electron chi connectivity index (χ3n) is 4.46. The van der Waals surface area contributed by atoms with Crippen LogP contribution in [0, 0.1) is 0 Å². The van der Waals surface area contributed by atoms with Gasteiger partial charge in [0.15, 0.2) is 16.6 Å². The summed E-state index contributed by atoms with van der Waals surface area (Å²) in [4.78, 5) is 17.2. The second kappa shape index (κ2) is 7.28. The van der Waals surface area contributed by atoms with Gasteiger partial charge in [0, 0.05) is 12.3 Å². The molecule has 0 aliphatic carbocycles. The molecule has 1 aromatic heterocycles. The summed E-state index contributed by atoms with van der Waals surface area (Å²) in [5.74, 6) is 1.69. The average molecular weight is 381 g/mol. The molecule has 27 heavy (non-hydrogen) atoms. The van der Waals surface area contributed by atoms with Crippen LogP contribution >= 0.6 is 11.3 Å². The molecule has 0 unspecified atom stereocenters. The number of hydrogen-bond donors (Lipinski definition) is 2. The van der Waals surface area contributed by atoms with Crippen molar-refractivity contribution in [1.82, 2.24) is 4.98 Å². The lowest BCUT2D eigenvalue weighted by Gasteiger charge is -2.22. The fraction of sp³-hybridized carbons (Fsp3) is 0.200. The number of ether oxygens (including phenoxy) is 2. The van der Waals surface area contributed by atoms with Crippen molar-refractivity contribution in [2.24, 2.45) is 0 Å². The second-order valence-corrected chi connectivity index (χ2v) is 7.32. The zero-order valence-electron chi connectivity index (χ0n) is 14.8. The SMILES string of the molecule is COc1cc([C@H]2CC(=O)Nc3nc(N)sc32)ccc1OCc1ccccc1. The summed E-state index contributed by atoms with van der Waals surface area (Å²) < 4.78 is 11.4. The first-order chi connectivity index (χ1) is 13.1. The van der Waals surface area contributed by atoms with E-state index >= 15 is 0 Å². The lowest BCUT2D eigenvalue weighted by molar-refractivity contribution is -0.116. The van der Waals surface area contributed by atoms with E-state index in [4.69, 9.17) is 15.2 Å². The fourth-order valence-corrected chi connectivity index (χ4v) is 4.08. The molecule has 1 aliphatic heterocycles. The molecule has 138 valence electrons. The van der Waals surface area contributed by atoms with Gasteiger partial charge in [-0.25, -0.2) is 4.98 Å². The third kappa shape index (κ3) is 3.59. The molecule has 0 saturated carbocycles. The quantitative estimate of drug-likeness (QED) is 0.702. The van der Waals surface area contributed by atoms with Gasteiger partial charge in [-0.3, -0.25) is 4.79 Å². The molecular formula is C20H19N3O3S. The summed E-state index contributed by atoms with van der Waals surface area (Å²) >= 11 is 1.40. The number of nitrogens with one attached hydrogen (secondary N) is 1. The van der Waals surface area contributed by atoms with Gasteiger partial charge in [0.1, 0.15) is 12.4 Å². The second-order valence-electron chi connectivity index (χ2n) is 6.25. The topological polar surface area (TPSA) is 86.5 Å². The molecule has 2 aromatic carbocycles. The monoisotopic (exact) mass is 381 g/mol. The standard InChI is InChI=1S/C20H19N3O3S/c1-25-16-9-13(7-8-15(16)26-11-12-5-3-2-4-6-12)14-10-17(24)22-19-18(14)27-20(21)23-19/h2-9,14H,10-11H2,1H3,(H2,21,23)(H,22,24)/t14-/m1/s1. The van der Waals surface area contributed by atoms with Crippen LogP contribution in [0.15, 0.2) is 48.5 Å².